The predicted octanol–water partition coefficient (Wildman–Crippen LogP) is 0.712. The summed E-state index contributed by atoms with van der Waals surface area (Å²) in [5.41, 5.74) is 5.23. The Labute approximate surface area is 73.1 Å². The number of hydrogen-bond acceptors (Lipinski definition) is 5. The molecule has 6 heteroatoms. The number of carbonyl (C=O) groups excluding carboxylic acids is 1. The van der Waals surface area contributed by atoms with Gasteiger partial charge in [-0.1, -0.05) is 0 Å². The Balaban J connectivity index is 3.17. The van der Waals surface area contributed by atoms with Crippen molar-refractivity contribution in [1.82, 2.24) is 0 Å². The van der Waals surface area contributed by atoms with Crippen molar-refractivity contribution in [3.05, 3.63) is 28.3 Å². The third-order valence-corrected chi connectivity index (χ3v) is 1.35. The van der Waals surface area contributed by atoms with Crippen LogP contribution < -0.4 is 10.5 Å². The number of benzene rings is 1. The summed E-state index contributed by atoms with van der Waals surface area (Å²) in [6.45, 7) is 0.124. The second-order valence-electron chi connectivity index (χ2n) is 2.20. The van der Waals surface area contributed by atoms with Gasteiger partial charge in [-0.25, -0.2) is 0 Å². The molecule has 0 aliphatic carbocycles. The first-order valence-corrected chi connectivity index (χ1v) is 3.29. The molecule has 0 saturated carbocycles. The Kier molecular flexibility index (Phi) is 2.44. The van der Waals surface area contributed by atoms with E-state index in [0.29, 0.717) is 0 Å². The zero-order valence-corrected chi connectivity index (χ0v) is 6.47. The van der Waals surface area contributed by atoms with Gasteiger partial charge in [0.15, 0.2) is 0 Å². The van der Waals surface area contributed by atoms with Crippen LogP contribution in [-0.4, -0.2) is 11.4 Å². The summed E-state index contributed by atoms with van der Waals surface area (Å²) >= 11 is 0. The van der Waals surface area contributed by atoms with E-state index >= 15 is 0 Å². The van der Waals surface area contributed by atoms with E-state index in [1.807, 2.05) is 0 Å². The SMILES string of the molecule is Nc1ccc(OC=O)c([N+](=O)[O-])c1. The van der Waals surface area contributed by atoms with E-state index in [2.05, 4.69) is 4.74 Å². The van der Waals surface area contributed by atoms with Crippen molar-refractivity contribution in [3.63, 3.8) is 0 Å². The van der Waals surface area contributed by atoms with E-state index in [-0.39, 0.29) is 23.6 Å². The van der Waals surface area contributed by atoms with Gasteiger partial charge in [-0.05, 0) is 12.1 Å². The lowest BCUT2D eigenvalue weighted by molar-refractivity contribution is -0.385. The molecule has 0 spiro atoms. The molecule has 0 radical (unpaired) electrons. The summed E-state index contributed by atoms with van der Waals surface area (Å²) in [7, 11) is 0. The average molecular weight is 182 g/mol. The number of nitrogens with zero attached hydrogens (tertiary/aromatic N) is 1. The first-order valence-electron chi connectivity index (χ1n) is 3.29. The smallest absolute Gasteiger partial charge is 0.313 e. The van der Waals surface area contributed by atoms with Crippen molar-refractivity contribution in [2.75, 3.05) is 5.73 Å². The van der Waals surface area contributed by atoms with Crippen molar-refractivity contribution in [3.8, 4) is 5.75 Å². The molecule has 0 saturated heterocycles. The van der Waals surface area contributed by atoms with Crippen molar-refractivity contribution >= 4 is 17.8 Å². The standard InChI is InChI=1S/C7H6N2O4/c8-5-1-2-7(13-4-10)6(3-5)9(11)12/h1-4H,8H2. The fraction of sp³-hybridized carbons (Fsp3) is 0. The number of anilines is 1. The van der Waals surface area contributed by atoms with E-state index in [1.54, 1.807) is 0 Å². The maximum absolute atomic E-state index is 10.4. The van der Waals surface area contributed by atoms with Crippen molar-refractivity contribution in [2.45, 2.75) is 0 Å². The Morgan fingerprint density at radius 1 is 1.54 bits per heavy atom. The summed E-state index contributed by atoms with van der Waals surface area (Å²) in [5, 5.41) is 10.4. The minimum atomic E-state index is -0.671. The maximum Gasteiger partial charge on any atom is 0.313 e. The van der Waals surface area contributed by atoms with Crippen LogP contribution in [0.4, 0.5) is 11.4 Å². The third-order valence-electron chi connectivity index (χ3n) is 1.35. The second-order valence-corrected chi connectivity index (χ2v) is 2.20. The van der Waals surface area contributed by atoms with E-state index in [0.717, 1.165) is 6.07 Å². The van der Waals surface area contributed by atoms with Crippen LogP contribution in [0.25, 0.3) is 0 Å². The number of ether oxygens (including phenoxy) is 1. The highest BCUT2D eigenvalue weighted by molar-refractivity contribution is 5.60. The molecule has 68 valence electrons. The molecule has 0 aliphatic rings. The highest BCUT2D eigenvalue weighted by Crippen LogP contribution is 2.28. The predicted molar refractivity (Wildman–Crippen MR) is 44.2 cm³/mol. The molecule has 0 unspecified atom stereocenters. The molecule has 6 nitrogen and oxygen atoms in total. The molecule has 1 rings (SSSR count). The number of hydrogen-bond donors (Lipinski definition) is 1. The van der Waals surface area contributed by atoms with Crippen LogP contribution in [0.2, 0.25) is 0 Å². The van der Waals surface area contributed by atoms with Crippen molar-refractivity contribution in [2.24, 2.45) is 0 Å². The van der Waals surface area contributed by atoms with Gasteiger partial charge in [0, 0.05) is 11.8 Å². The number of rotatable bonds is 3. The van der Waals surface area contributed by atoms with Gasteiger partial charge in [0.25, 0.3) is 6.47 Å². The molecule has 2 N–H and O–H groups in total. The van der Waals surface area contributed by atoms with Gasteiger partial charge in [0.1, 0.15) is 0 Å². The fourth-order valence-corrected chi connectivity index (χ4v) is 0.829. The highest BCUT2D eigenvalue weighted by Gasteiger charge is 2.14. The Hall–Kier alpha value is -2.11. The molecule has 0 bridgehead atoms. The Bertz CT molecular complexity index is 350. The van der Waals surface area contributed by atoms with Gasteiger partial charge in [0.05, 0.1) is 4.92 Å². The molecule has 0 amide bonds. The lowest BCUT2D eigenvalue weighted by Gasteiger charge is -1.99. The quantitative estimate of drug-likeness (QED) is 0.321. The van der Waals surface area contributed by atoms with Gasteiger partial charge in [-0.15, -0.1) is 0 Å². The fourth-order valence-electron chi connectivity index (χ4n) is 0.829. The average Bonchev–Trinajstić information content (AvgIpc) is 2.08. The normalized spacial score (nSPS) is 9.23. The van der Waals surface area contributed by atoms with Crippen LogP contribution in [0.1, 0.15) is 0 Å². The minimum absolute atomic E-state index is 0.116. The van der Waals surface area contributed by atoms with Crippen LogP contribution in [-0.2, 0) is 4.79 Å². The zero-order valence-electron chi connectivity index (χ0n) is 6.47. The minimum Gasteiger partial charge on any atom is -0.421 e. The zero-order chi connectivity index (χ0) is 9.84. The molecule has 0 aromatic heterocycles. The van der Waals surface area contributed by atoms with Crippen molar-refractivity contribution in [1.29, 1.82) is 0 Å². The van der Waals surface area contributed by atoms with E-state index in [9.17, 15) is 14.9 Å². The van der Waals surface area contributed by atoms with E-state index in [1.165, 1.54) is 12.1 Å². The third kappa shape index (κ3) is 1.92. The molecule has 0 heterocycles. The van der Waals surface area contributed by atoms with Gasteiger partial charge in [-0.3, -0.25) is 14.9 Å². The number of carbonyl (C=O) groups is 1. The number of nitro groups is 1. The molecule has 0 atom stereocenters. The van der Waals surface area contributed by atoms with Crippen LogP contribution >= 0.6 is 0 Å². The molecule has 1 aromatic rings. The molecular formula is C7H6N2O4. The molecule has 0 aliphatic heterocycles. The largest absolute Gasteiger partial charge is 0.421 e. The second kappa shape index (κ2) is 3.53. The lowest BCUT2D eigenvalue weighted by Crippen LogP contribution is -1.97. The molecule has 0 fully saturated rings. The number of nitrogens with two attached hydrogens (primary N) is 1. The van der Waals surface area contributed by atoms with E-state index in [4.69, 9.17) is 5.73 Å². The topological polar surface area (TPSA) is 95.5 Å². The van der Waals surface area contributed by atoms with Crippen LogP contribution in [0.3, 0.4) is 0 Å². The van der Waals surface area contributed by atoms with Gasteiger partial charge < -0.3 is 10.5 Å². The summed E-state index contributed by atoms with van der Waals surface area (Å²) in [4.78, 5) is 19.7. The van der Waals surface area contributed by atoms with Gasteiger partial charge in [-0.2, -0.15) is 0 Å². The number of nitrogen functional groups attached to an aromatic ring is 1. The first kappa shape index (κ1) is 8.98. The van der Waals surface area contributed by atoms with Gasteiger partial charge >= 0.3 is 5.69 Å². The van der Waals surface area contributed by atoms with Gasteiger partial charge in [0.2, 0.25) is 5.75 Å². The Morgan fingerprint density at radius 2 is 2.23 bits per heavy atom. The number of nitro benzene ring substituents is 1. The Morgan fingerprint density at radius 3 is 2.77 bits per heavy atom. The molecule has 13 heavy (non-hydrogen) atoms. The summed E-state index contributed by atoms with van der Waals surface area (Å²) < 4.78 is 4.38. The van der Waals surface area contributed by atoms with Crippen LogP contribution in [0.15, 0.2) is 18.2 Å². The first-order chi connectivity index (χ1) is 6.15. The molecule has 1 aromatic carbocycles. The lowest BCUT2D eigenvalue weighted by atomic mass is 10.2. The molecular weight excluding hydrogens is 176 g/mol. The summed E-state index contributed by atoms with van der Waals surface area (Å²) in [6.07, 6.45) is 0. The van der Waals surface area contributed by atoms with E-state index < -0.39 is 4.92 Å². The van der Waals surface area contributed by atoms with Crippen LogP contribution in [0.5, 0.6) is 5.75 Å². The van der Waals surface area contributed by atoms with Crippen molar-refractivity contribution < 1.29 is 14.5 Å². The maximum atomic E-state index is 10.4. The monoisotopic (exact) mass is 182 g/mol. The summed E-state index contributed by atoms with van der Waals surface area (Å²) in [5.74, 6) is -0.116. The highest BCUT2D eigenvalue weighted by atomic mass is 16.6. The van der Waals surface area contributed by atoms with Crippen LogP contribution in [0, 0.1) is 10.1 Å². The summed E-state index contributed by atoms with van der Waals surface area (Å²) in [6, 6.07) is 3.80.